The molecule has 0 aliphatic carbocycles. The molecule has 0 bridgehead atoms. The molecule has 1 aromatic rings. The van der Waals surface area contributed by atoms with E-state index in [9.17, 15) is 0 Å². The van der Waals surface area contributed by atoms with Crippen molar-refractivity contribution in [2.75, 3.05) is 5.75 Å². The van der Waals surface area contributed by atoms with Crippen molar-refractivity contribution in [1.82, 2.24) is 9.97 Å². The summed E-state index contributed by atoms with van der Waals surface area (Å²) in [6, 6.07) is 2.28. The Morgan fingerprint density at radius 2 is 2.46 bits per heavy atom. The lowest BCUT2D eigenvalue weighted by atomic mass is 9.93. The van der Waals surface area contributed by atoms with Crippen molar-refractivity contribution in [2.45, 2.75) is 25.4 Å². The Bertz CT molecular complexity index is 284. The minimum absolute atomic E-state index is 0.223. The normalized spacial score (nSPS) is 11.2. The topological polar surface area (TPSA) is 52.5 Å². The van der Waals surface area contributed by atoms with Crippen molar-refractivity contribution in [3.8, 4) is 6.07 Å². The summed E-state index contributed by atoms with van der Waals surface area (Å²) in [4.78, 5) is 7.10. The Morgan fingerprint density at radius 1 is 1.69 bits per heavy atom. The summed E-state index contributed by atoms with van der Waals surface area (Å²) in [5, 5.41) is 9.69. The lowest BCUT2D eigenvalue weighted by molar-refractivity contribution is 0.482. The number of hydrogen-bond donors (Lipinski definition) is 1. The number of aromatic amines is 1. The third kappa shape index (κ3) is 3.51. The standard InChI is InChI=1S/C9H13N3S/c1-9(2,7-10)3-6-13-8-11-4-5-12-8/h4-5H,3,6H2,1-2H3,(H,11,12). The third-order valence-electron chi connectivity index (χ3n) is 1.74. The molecule has 0 aromatic carbocycles. The highest BCUT2D eigenvalue weighted by Crippen LogP contribution is 2.23. The molecule has 0 aliphatic rings. The van der Waals surface area contributed by atoms with Crippen LogP contribution in [0.3, 0.4) is 0 Å². The van der Waals surface area contributed by atoms with Gasteiger partial charge in [-0.1, -0.05) is 11.8 Å². The monoisotopic (exact) mass is 195 g/mol. The van der Waals surface area contributed by atoms with E-state index < -0.39 is 0 Å². The van der Waals surface area contributed by atoms with E-state index >= 15 is 0 Å². The van der Waals surface area contributed by atoms with Gasteiger partial charge in [-0.15, -0.1) is 0 Å². The molecular weight excluding hydrogens is 182 g/mol. The van der Waals surface area contributed by atoms with Gasteiger partial charge in [0.2, 0.25) is 0 Å². The average Bonchev–Trinajstić information content (AvgIpc) is 2.57. The number of nitrogens with one attached hydrogen (secondary N) is 1. The number of nitrogens with zero attached hydrogens (tertiary/aromatic N) is 2. The summed E-state index contributed by atoms with van der Waals surface area (Å²) in [7, 11) is 0. The summed E-state index contributed by atoms with van der Waals surface area (Å²) < 4.78 is 0. The highest BCUT2D eigenvalue weighted by Gasteiger charge is 2.15. The smallest absolute Gasteiger partial charge is 0.165 e. The highest BCUT2D eigenvalue weighted by molar-refractivity contribution is 7.99. The fourth-order valence-electron chi connectivity index (χ4n) is 0.788. The Kier molecular flexibility index (Phi) is 3.38. The molecule has 0 fully saturated rings. The summed E-state index contributed by atoms with van der Waals surface area (Å²) in [6.45, 7) is 3.91. The van der Waals surface area contributed by atoms with Gasteiger partial charge in [-0.05, 0) is 20.3 Å². The summed E-state index contributed by atoms with van der Waals surface area (Å²) in [6.07, 6.45) is 4.42. The van der Waals surface area contributed by atoms with Crippen LogP contribution in [0.25, 0.3) is 0 Å². The second-order valence-corrected chi connectivity index (χ2v) is 4.57. The van der Waals surface area contributed by atoms with Crippen LogP contribution in [-0.4, -0.2) is 15.7 Å². The maximum atomic E-state index is 8.77. The zero-order valence-electron chi connectivity index (χ0n) is 7.87. The summed E-state index contributed by atoms with van der Waals surface area (Å²) in [5.74, 6) is 0.925. The number of aromatic nitrogens is 2. The van der Waals surface area contributed by atoms with Crippen LogP contribution in [0.5, 0.6) is 0 Å². The Balaban J connectivity index is 2.26. The Morgan fingerprint density at radius 3 is 3.00 bits per heavy atom. The molecule has 3 nitrogen and oxygen atoms in total. The largest absolute Gasteiger partial charge is 0.340 e. The zero-order valence-corrected chi connectivity index (χ0v) is 8.69. The predicted octanol–water partition coefficient (Wildman–Crippen LogP) is 2.44. The molecule has 1 aromatic heterocycles. The average molecular weight is 195 g/mol. The van der Waals surface area contributed by atoms with Gasteiger partial charge in [0.15, 0.2) is 5.16 Å². The van der Waals surface area contributed by atoms with E-state index in [0.717, 1.165) is 17.3 Å². The zero-order chi connectivity index (χ0) is 9.73. The molecule has 0 saturated heterocycles. The van der Waals surface area contributed by atoms with Gasteiger partial charge in [0, 0.05) is 18.1 Å². The first-order valence-corrected chi connectivity index (χ1v) is 5.16. The van der Waals surface area contributed by atoms with E-state index in [4.69, 9.17) is 5.26 Å². The van der Waals surface area contributed by atoms with Crippen LogP contribution in [0.15, 0.2) is 17.6 Å². The molecule has 0 spiro atoms. The number of nitriles is 1. The summed E-state index contributed by atoms with van der Waals surface area (Å²) in [5.41, 5.74) is -0.223. The molecule has 4 heteroatoms. The minimum Gasteiger partial charge on any atom is -0.340 e. The quantitative estimate of drug-likeness (QED) is 0.751. The van der Waals surface area contributed by atoms with Crippen LogP contribution in [0, 0.1) is 16.7 Å². The van der Waals surface area contributed by atoms with Crippen LogP contribution < -0.4 is 0 Å². The van der Waals surface area contributed by atoms with Crippen molar-refractivity contribution < 1.29 is 0 Å². The van der Waals surface area contributed by atoms with Crippen molar-refractivity contribution >= 4 is 11.8 Å². The minimum atomic E-state index is -0.223. The van der Waals surface area contributed by atoms with E-state index in [1.807, 2.05) is 13.8 Å². The number of H-pyrrole nitrogens is 1. The van der Waals surface area contributed by atoms with Gasteiger partial charge < -0.3 is 4.98 Å². The molecular formula is C9H13N3S. The number of thioether (sulfide) groups is 1. The lowest BCUT2D eigenvalue weighted by Crippen LogP contribution is -2.08. The maximum absolute atomic E-state index is 8.77. The molecule has 13 heavy (non-hydrogen) atoms. The molecule has 1 rings (SSSR count). The molecule has 0 amide bonds. The van der Waals surface area contributed by atoms with Crippen molar-refractivity contribution in [3.05, 3.63) is 12.4 Å². The first-order valence-electron chi connectivity index (χ1n) is 4.17. The molecule has 0 saturated carbocycles. The highest BCUT2D eigenvalue weighted by atomic mass is 32.2. The van der Waals surface area contributed by atoms with Crippen molar-refractivity contribution in [1.29, 1.82) is 5.26 Å². The first-order chi connectivity index (χ1) is 6.14. The van der Waals surface area contributed by atoms with E-state index in [-0.39, 0.29) is 5.41 Å². The van der Waals surface area contributed by atoms with Crippen LogP contribution in [0.1, 0.15) is 20.3 Å². The van der Waals surface area contributed by atoms with Gasteiger partial charge in [0.25, 0.3) is 0 Å². The number of imidazole rings is 1. The van der Waals surface area contributed by atoms with Gasteiger partial charge in [-0.2, -0.15) is 5.26 Å². The molecule has 1 heterocycles. The van der Waals surface area contributed by atoms with Gasteiger partial charge in [-0.3, -0.25) is 0 Å². The fraction of sp³-hybridized carbons (Fsp3) is 0.556. The number of hydrogen-bond acceptors (Lipinski definition) is 3. The molecule has 0 radical (unpaired) electrons. The fourth-order valence-corrected chi connectivity index (χ4v) is 1.88. The molecule has 70 valence electrons. The Labute approximate surface area is 82.6 Å². The van der Waals surface area contributed by atoms with Crippen LogP contribution in [0.4, 0.5) is 0 Å². The second-order valence-electron chi connectivity index (χ2n) is 3.49. The molecule has 0 atom stereocenters. The van der Waals surface area contributed by atoms with Crippen molar-refractivity contribution in [3.63, 3.8) is 0 Å². The van der Waals surface area contributed by atoms with Gasteiger partial charge in [0.1, 0.15) is 0 Å². The van der Waals surface area contributed by atoms with E-state index in [1.54, 1.807) is 24.2 Å². The first kappa shape index (κ1) is 10.1. The van der Waals surface area contributed by atoms with Gasteiger partial charge in [0.05, 0.1) is 11.5 Å². The molecule has 0 aliphatic heterocycles. The Hall–Kier alpha value is -0.950. The number of rotatable bonds is 4. The van der Waals surface area contributed by atoms with E-state index in [2.05, 4.69) is 16.0 Å². The van der Waals surface area contributed by atoms with Gasteiger partial charge >= 0.3 is 0 Å². The molecule has 0 unspecified atom stereocenters. The predicted molar refractivity (Wildman–Crippen MR) is 53.3 cm³/mol. The van der Waals surface area contributed by atoms with E-state index in [0.29, 0.717) is 0 Å². The SMILES string of the molecule is CC(C)(C#N)CCSc1ncc[nH]1. The lowest BCUT2D eigenvalue weighted by Gasteiger charge is -2.13. The molecule has 1 N–H and O–H groups in total. The second kappa shape index (κ2) is 4.33. The maximum Gasteiger partial charge on any atom is 0.165 e. The van der Waals surface area contributed by atoms with Crippen LogP contribution in [-0.2, 0) is 0 Å². The van der Waals surface area contributed by atoms with Crippen LogP contribution in [0.2, 0.25) is 0 Å². The third-order valence-corrected chi connectivity index (χ3v) is 2.65. The summed E-state index contributed by atoms with van der Waals surface area (Å²) >= 11 is 1.65. The van der Waals surface area contributed by atoms with Crippen LogP contribution >= 0.6 is 11.8 Å². The van der Waals surface area contributed by atoms with Gasteiger partial charge in [-0.25, -0.2) is 4.98 Å². The van der Waals surface area contributed by atoms with Crippen molar-refractivity contribution in [2.24, 2.45) is 5.41 Å². The van der Waals surface area contributed by atoms with E-state index in [1.165, 1.54) is 0 Å².